The second-order valence-electron chi connectivity index (χ2n) is 6.23. The summed E-state index contributed by atoms with van der Waals surface area (Å²) in [6, 6.07) is 13.0. The average Bonchev–Trinajstić information content (AvgIpc) is 2.59. The zero-order chi connectivity index (χ0) is 18.0. The molecule has 1 heterocycles. The van der Waals surface area contributed by atoms with E-state index in [0.717, 1.165) is 19.3 Å². The minimum Gasteiger partial charge on any atom is -0.207 e. The molecule has 0 aliphatic carbocycles. The van der Waals surface area contributed by atoms with Gasteiger partial charge in [-0.3, -0.25) is 0 Å². The maximum absolute atomic E-state index is 12.9. The summed E-state index contributed by atoms with van der Waals surface area (Å²) in [5.41, 5.74) is 1.29. The van der Waals surface area contributed by atoms with Crippen LogP contribution in [0.5, 0.6) is 0 Å². The lowest BCUT2D eigenvalue weighted by Gasteiger charge is -2.31. The van der Waals surface area contributed by atoms with E-state index in [0.29, 0.717) is 19.0 Å². The number of hydrogen-bond acceptors (Lipinski definition) is 2. The van der Waals surface area contributed by atoms with Crippen LogP contribution in [0.3, 0.4) is 0 Å². The predicted octanol–water partition coefficient (Wildman–Crippen LogP) is 5.29. The highest BCUT2D eigenvalue weighted by Gasteiger charge is 2.31. The number of rotatable bonds is 4. The largest absolute Gasteiger partial charge is 0.244 e. The molecule has 0 bridgehead atoms. The van der Waals surface area contributed by atoms with Crippen molar-refractivity contribution in [3.8, 4) is 0 Å². The Morgan fingerprint density at radius 2 is 1.52 bits per heavy atom. The van der Waals surface area contributed by atoms with Crippen molar-refractivity contribution in [2.75, 3.05) is 13.1 Å². The van der Waals surface area contributed by atoms with Gasteiger partial charge in [0, 0.05) is 13.1 Å². The normalized spacial score (nSPS) is 16.9. The summed E-state index contributed by atoms with van der Waals surface area (Å²) in [5, 5.41) is 0.525. The summed E-state index contributed by atoms with van der Waals surface area (Å²) in [6.07, 6.45) is 2.63. The third-order valence-corrected chi connectivity index (χ3v) is 7.62. The molecule has 1 aliphatic rings. The van der Waals surface area contributed by atoms with Crippen LogP contribution in [0.2, 0.25) is 15.1 Å². The van der Waals surface area contributed by atoms with Crippen molar-refractivity contribution >= 4 is 44.8 Å². The highest BCUT2D eigenvalue weighted by atomic mass is 35.5. The highest BCUT2D eigenvalue weighted by Crippen LogP contribution is 2.34. The lowest BCUT2D eigenvalue weighted by molar-refractivity contribution is 0.273. The van der Waals surface area contributed by atoms with Crippen molar-refractivity contribution < 1.29 is 8.42 Å². The number of nitrogens with zero attached hydrogens (tertiary/aromatic N) is 1. The van der Waals surface area contributed by atoms with Gasteiger partial charge in [0.05, 0.1) is 15.1 Å². The second kappa shape index (κ2) is 7.85. The van der Waals surface area contributed by atoms with Gasteiger partial charge in [-0.05, 0) is 42.9 Å². The molecule has 0 aromatic heterocycles. The van der Waals surface area contributed by atoms with E-state index in [2.05, 4.69) is 12.1 Å². The smallest absolute Gasteiger partial charge is 0.207 e. The average molecular weight is 419 g/mol. The monoisotopic (exact) mass is 417 g/mol. The Balaban J connectivity index is 1.71. The summed E-state index contributed by atoms with van der Waals surface area (Å²) in [4.78, 5) is 0.0186. The van der Waals surface area contributed by atoms with Gasteiger partial charge in [0.25, 0.3) is 0 Å². The van der Waals surface area contributed by atoms with Crippen molar-refractivity contribution in [2.45, 2.75) is 24.2 Å². The second-order valence-corrected chi connectivity index (χ2v) is 9.36. The number of benzene rings is 2. The molecule has 2 aromatic rings. The first-order chi connectivity index (χ1) is 11.9. The minimum absolute atomic E-state index is 0.0186. The first kappa shape index (κ1) is 19.0. The summed E-state index contributed by atoms with van der Waals surface area (Å²) in [6.45, 7) is 0.965. The maximum atomic E-state index is 12.9. The molecule has 7 heteroatoms. The third-order valence-electron chi connectivity index (χ3n) is 4.53. The van der Waals surface area contributed by atoms with E-state index in [1.54, 1.807) is 0 Å². The fourth-order valence-electron chi connectivity index (χ4n) is 3.14. The molecule has 2 aromatic carbocycles. The summed E-state index contributed by atoms with van der Waals surface area (Å²) >= 11 is 18.0. The zero-order valence-corrected chi connectivity index (χ0v) is 16.5. The summed E-state index contributed by atoms with van der Waals surface area (Å²) < 4.78 is 27.2. The van der Waals surface area contributed by atoms with Gasteiger partial charge in [-0.1, -0.05) is 65.1 Å². The van der Waals surface area contributed by atoms with Crippen molar-refractivity contribution in [2.24, 2.45) is 5.92 Å². The van der Waals surface area contributed by atoms with Crippen LogP contribution < -0.4 is 0 Å². The van der Waals surface area contributed by atoms with Gasteiger partial charge in [-0.25, -0.2) is 8.42 Å². The fraction of sp³-hybridized carbons (Fsp3) is 0.333. The number of sulfonamides is 1. The van der Waals surface area contributed by atoms with E-state index in [9.17, 15) is 8.42 Å². The SMILES string of the molecule is O=S(=O)(c1cc(Cl)c(Cl)cc1Cl)N1CCC(Cc2ccccc2)CC1. The molecule has 3 rings (SSSR count). The molecule has 0 atom stereocenters. The quantitative estimate of drug-likeness (QED) is 0.633. The van der Waals surface area contributed by atoms with Crippen molar-refractivity contribution in [1.82, 2.24) is 4.31 Å². The van der Waals surface area contributed by atoms with Gasteiger partial charge >= 0.3 is 0 Å². The van der Waals surface area contributed by atoms with E-state index < -0.39 is 10.0 Å². The van der Waals surface area contributed by atoms with Gasteiger partial charge in [-0.15, -0.1) is 0 Å². The molecule has 0 amide bonds. The molecule has 0 N–H and O–H groups in total. The van der Waals surface area contributed by atoms with Gasteiger partial charge < -0.3 is 0 Å². The van der Waals surface area contributed by atoms with Crippen LogP contribution in [0.1, 0.15) is 18.4 Å². The maximum Gasteiger partial charge on any atom is 0.244 e. The van der Waals surface area contributed by atoms with Crippen LogP contribution in [-0.4, -0.2) is 25.8 Å². The summed E-state index contributed by atoms with van der Waals surface area (Å²) in [5.74, 6) is 0.484. The van der Waals surface area contributed by atoms with E-state index in [4.69, 9.17) is 34.8 Å². The Kier molecular flexibility index (Phi) is 5.96. The van der Waals surface area contributed by atoms with Gasteiger partial charge in [-0.2, -0.15) is 4.31 Å². The van der Waals surface area contributed by atoms with Crippen LogP contribution in [-0.2, 0) is 16.4 Å². The van der Waals surface area contributed by atoms with Crippen molar-refractivity contribution in [3.63, 3.8) is 0 Å². The lowest BCUT2D eigenvalue weighted by atomic mass is 9.91. The predicted molar refractivity (Wildman–Crippen MR) is 103 cm³/mol. The summed E-state index contributed by atoms with van der Waals surface area (Å²) in [7, 11) is -3.67. The third kappa shape index (κ3) is 4.32. The zero-order valence-electron chi connectivity index (χ0n) is 13.5. The fourth-order valence-corrected chi connectivity index (χ4v) is 5.59. The Labute approximate surface area is 163 Å². The molecule has 0 unspecified atom stereocenters. The minimum atomic E-state index is -3.67. The topological polar surface area (TPSA) is 37.4 Å². The van der Waals surface area contributed by atoms with E-state index in [1.165, 1.54) is 22.0 Å². The van der Waals surface area contributed by atoms with Crippen LogP contribution in [0.15, 0.2) is 47.4 Å². The van der Waals surface area contributed by atoms with Gasteiger partial charge in [0.2, 0.25) is 10.0 Å². The molecule has 1 saturated heterocycles. The molecular formula is C18H18Cl3NO2S. The van der Waals surface area contributed by atoms with E-state index >= 15 is 0 Å². The molecule has 1 aliphatic heterocycles. The molecule has 0 radical (unpaired) electrons. The molecule has 134 valence electrons. The standard InChI is InChI=1S/C18H18Cl3NO2S/c19-15-11-17(21)18(12-16(15)20)25(23,24)22-8-6-14(7-9-22)10-13-4-2-1-3-5-13/h1-5,11-12,14H,6-10H2. The highest BCUT2D eigenvalue weighted by molar-refractivity contribution is 7.89. The molecular weight excluding hydrogens is 401 g/mol. The van der Waals surface area contributed by atoms with Gasteiger partial charge in [0.1, 0.15) is 4.90 Å². The molecule has 25 heavy (non-hydrogen) atoms. The first-order valence-corrected chi connectivity index (χ1v) is 10.6. The Hall–Kier alpha value is -0.780. The number of hydrogen-bond donors (Lipinski definition) is 0. The van der Waals surface area contributed by atoms with Crippen molar-refractivity contribution in [3.05, 3.63) is 63.1 Å². The first-order valence-electron chi connectivity index (χ1n) is 8.06. The lowest BCUT2D eigenvalue weighted by Crippen LogP contribution is -2.39. The Morgan fingerprint density at radius 3 is 2.16 bits per heavy atom. The number of piperidine rings is 1. The Morgan fingerprint density at radius 1 is 0.920 bits per heavy atom. The molecule has 3 nitrogen and oxygen atoms in total. The van der Waals surface area contributed by atoms with Crippen molar-refractivity contribution in [1.29, 1.82) is 0 Å². The number of halogens is 3. The molecule has 1 fully saturated rings. The van der Waals surface area contributed by atoms with Gasteiger partial charge in [0.15, 0.2) is 0 Å². The Bertz CT molecular complexity index is 848. The van der Waals surface area contributed by atoms with E-state index in [1.807, 2.05) is 18.2 Å². The van der Waals surface area contributed by atoms with E-state index in [-0.39, 0.29) is 20.0 Å². The molecule has 0 saturated carbocycles. The van der Waals surface area contributed by atoms with Crippen LogP contribution >= 0.6 is 34.8 Å². The molecule has 0 spiro atoms. The van der Waals surface area contributed by atoms with Crippen LogP contribution in [0.4, 0.5) is 0 Å². The van der Waals surface area contributed by atoms with Crippen LogP contribution in [0.25, 0.3) is 0 Å². The van der Waals surface area contributed by atoms with Crippen LogP contribution in [0, 0.1) is 5.92 Å².